The summed E-state index contributed by atoms with van der Waals surface area (Å²) in [5, 5.41) is 3.57. The van der Waals surface area contributed by atoms with Crippen molar-refractivity contribution in [2.24, 2.45) is 5.92 Å². The SMILES string of the molecule is CCOc1cc2c(cc1CNCC(CC)CC)OC(C)C2. The lowest BCUT2D eigenvalue weighted by atomic mass is 10.0. The molecule has 2 rings (SSSR count). The van der Waals surface area contributed by atoms with Crippen molar-refractivity contribution in [2.75, 3.05) is 13.2 Å². The third-order valence-corrected chi connectivity index (χ3v) is 4.28. The Hall–Kier alpha value is -1.22. The van der Waals surface area contributed by atoms with Gasteiger partial charge >= 0.3 is 0 Å². The molecule has 0 amide bonds. The number of fused-ring (bicyclic) bond motifs is 1. The van der Waals surface area contributed by atoms with E-state index in [1.165, 1.54) is 24.0 Å². The molecule has 0 saturated carbocycles. The van der Waals surface area contributed by atoms with Gasteiger partial charge in [-0.3, -0.25) is 0 Å². The molecule has 0 aliphatic carbocycles. The van der Waals surface area contributed by atoms with Crippen LogP contribution in [0.2, 0.25) is 0 Å². The molecule has 1 aromatic carbocycles. The van der Waals surface area contributed by atoms with Gasteiger partial charge in [-0.1, -0.05) is 26.7 Å². The molecule has 0 fully saturated rings. The van der Waals surface area contributed by atoms with Crippen molar-refractivity contribution in [3.8, 4) is 11.5 Å². The number of benzene rings is 1. The van der Waals surface area contributed by atoms with Crippen LogP contribution in [0.15, 0.2) is 12.1 Å². The highest BCUT2D eigenvalue weighted by Crippen LogP contribution is 2.35. The quantitative estimate of drug-likeness (QED) is 0.787. The molecule has 0 aromatic heterocycles. The van der Waals surface area contributed by atoms with Gasteiger partial charge in [0.2, 0.25) is 0 Å². The summed E-state index contributed by atoms with van der Waals surface area (Å²) in [5.74, 6) is 2.79. The lowest BCUT2D eigenvalue weighted by Crippen LogP contribution is -2.22. The molecule has 3 heteroatoms. The Morgan fingerprint density at radius 3 is 2.71 bits per heavy atom. The molecule has 21 heavy (non-hydrogen) atoms. The Morgan fingerprint density at radius 1 is 1.29 bits per heavy atom. The first-order valence-corrected chi connectivity index (χ1v) is 8.33. The summed E-state index contributed by atoms with van der Waals surface area (Å²) in [5.41, 5.74) is 2.48. The van der Waals surface area contributed by atoms with Gasteiger partial charge in [0.1, 0.15) is 17.6 Å². The van der Waals surface area contributed by atoms with E-state index in [0.29, 0.717) is 6.61 Å². The van der Waals surface area contributed by atoms with Crippen molar-refractivity contribution in [3.63, 3.8) is 0 Å². The van der Waals surface area contributed by atoms with E-state index in [1.807, 2.05) is 6.92 Å². The number of hydrogen-bond acceptors (Lipinski definition) is 3. The summed E-state index contributed by atoms with van der Waals surface area (Å²) in [6.07, 6.45) is 3.72. The predicted octanol–water partition coefficient (Wildman–Crippen LogP) is 3.93. The lowest BCUT2D eigenvalue weighted by Gasteiger charge is -2.16. The van der Waals surface area contributed by atoms with Crippen LogP contribution in [-0.4, -0.2) is 19.3 Å². The number of nitrogens with one attached hydrogen (secondary N) is 1. The average molecular weight is 291 g/mol. The van der Waals surface area contributed by atoms with Crippen LogP contribution in [0.4, 0.5) is 0 Å². The van der Waals surface area contributed by atoms with Gasteiger partial charge in [-0.05, 0) is 38.4 Å². The van der Waals surface area contributed by atoms with Crippen molar-refractivity contribution >= 4 is 0 Å². The Labute approximate surface area is 129 Å². The highest BCUT2D eigenvalue weighted by atomic mass is 16.5. The maximum absolute atomic E-state index is 5.87. The molecule has 1 aliphatic heterocycles. The molecule has 1 heterocycles. The van der Waals surface area contributed by atoms with E-state index in [9.17, 15) is 0 Å². The van der Waals surface area contributed by atoms with Gasteiger partial charge in [-0.25, -0.2) is 0 Å². The second kappa shape index (κ2) is 7.69. The molecule has 1 unspecified atom stereocenters. The lowest BCUT2D eigenvalue weighted by molar-refractivity contribution is 0.254. The molecular weight excluding hydrogens is 262 g/mol. The summed E-state index contributed by atoms with van der Waals surface area (Å²) < 4.78 is 11.7. The monoisotopic (exact) mass is 291 g/mol. The number of hydrogen-bond donors (Lipinski definition) is 1. The highest BCUT2D eigenvalue weighted by molar-refractivity contribution is 5.48. The van der Waals surface area contributed by atoms with Crippen LogP contribution < -0.4 is 14.8 Å². The summed E-state index contributed by atoms with van der Waals surface area (Å²) in [6, 6.07) is 4.32. The summed E-state index contributed by atoms with van der Waals surface area (Å²) >= 11 is 0. The molecule has 3 nitrogen and oxygen atoms in total. The van der Waals surface area contributed by atoms with Crippen LogP contribution in [0.25, 0.3) is 0 Å². The third kappa shape index (κ3) is 4.13. The zero-order valence-corrected chi connectivity index (χ0v) is 13.9. The minimum absolute atomic E-state index is 0.280. The second-order valence-corrected chi connectivity index (χ2v) is 5.95. The Bertz CT molecular complexity index is 455. The second-order valence-electron chi connectivity index (χ2n) is 5.95. The molecule has 0 spiro atoms. The minimum Gasteiger partial charge on any atom is -0.494 e. The summed E-state index contributed by atoms with van der Waals surface area (Å²) in [7, 11) is 0. The minimum atomic E-state index is 0.280. The van der Waals surface area contributed by atoms with Gasteiger partial charge in [0, 0.05) is 24.1 Å². The maximum atomic E-state index is 5.87. The van der Waals surface area contributed by atoms with Gasteiger partial charge in [-0.2, -0.15) is 0 Å². The smallest absolute Gasteiger partial charge is 0.124 e. The molecule has 0 saturated heterocycles. The van der Waals surface area contributed by atoms with Gasteiger partial charge in [0.15, 0.2) is 0 Å². The summed E-state index contributed by atoms with van der Waals surface area (Å²) in [4.78, 5) is 0. The van der Waals surface area contributed by atoms with Gasteiger partial charge < -0.3 is 14.8 Å². The molecule has 0 radical (unpaired) electrons. The first kappa shape index (κ1) is 16.2. The third-order valence-electron chi connectivity index (χ3n) is 4.28. The van der Waals surface area contributed by atoms with Crippen LogP contribution in [0.5, 0.6) is 11.5 Å². The van der Waals surface area contributed by atoms with E-state index in [-0.39, 0.29) is 6.10 Å². The fraction of sp³-hybridized carbons (Fsp3) is 0.667. The van der Waals surface area contributed by atoms with E-state index in [0.717, 1.165) is 36.9 Å². The maximum Gasteiger partial charge on any atom is 0.124 e. The zero-order valence-electron chi connectivity index (χ0n) is 13.9. The standard InChI is InChI=1S/C18H29NO2/c1-5-14(6-2)11-19-12-16-10-18-15(8-13(4)21-18)9-17(16)20-7-3/h9-10,13-14,19H,5-8,11-12H2,1-4H3. The Kier molecular flexibility index (Phi) is 5.92. The molecule has 1 aliphatic rings. The normalized spacial score (nSPS) is 16.9. The molecular formula is C18H29NO2. The molecule has 0 bridgehead atoms. The Balaban J connectivity index is 2.05. The molecule has 118 valence electrons. The largest absolute Gasteiger partial charge is 0.494 e. The van der Waals surface area contributed by atoms with Crippen molar-refractivity contribution in [1.29, 1.82) is 0 Å². The molecule has 1 atom stereocenters. The Morgan fingerprint density at radius 2 is 2.05 bits per heavy atom. The van der Waals surface area contributed by atoms with Crippen LogP contribution >= 0.6 is 0 Å². The van der Waals surface area contributed by atoms with Crippen LogP contribution in [0, 0.1) is 5.92 Å². The van der Waals surface area contributed by atoms with Crippen molar-refractivity contribution in [1.82, 2.24) is 5.32 Å². The van der Waals surface area contributed by atoms with E-state index in [2.05, 4.69) is 38.2 Å². The van der Waals surface area contributed by atoms with Crippen molar-refractivity contribution in [2.45, 2.75) is 59.6 Å². The first-order valence-electron chi connectivity index (χ1n) is 8.33. The van der Waals surface area contributed by atoms with E-state index < -0.39 is 0 Å². The van der Waals surface area contributed by atoms with E-state index >= 15 is 0 Å². The van der Waals surface area contributed by atoms with Gasteiger partial charge in [0.05, 0.1) is 6.61 Å². The van der Waals surface area contributed by atoms with E-state index in [4.69, 9.17) is 9.47 Å². The van der Waals surface area contributed by atoms with Crippen molar-refractivity contribution < 1.29 is 9.47 Å². The van der Waals surface area contributed by atoms with Crippen molar-refractivity contribution in [3.05, 3.63) is 23.3 Å². The average Bonchev–Trinajstić information content (AvgIpc) is 2.83. The highest BCUT2D eigenvalue weighted by Gasteiger charge is 2.21. The van der Waals surface area contributed by atoms with Crippen LogP contribution in [0.3, 0.4) is 0 Å². The van der Waals surface area contributed by atoms with Gasteiger partial charge in [0.25, 0.3) is 0 Å². The van der Waals surface area contributed by atoms with Crippen LogP contribution in [-0.2, 0) is 13.0 Å². The van der Waals surface area contributed by atoms with Gasteiger partial charge in [-0.15, -0.1) is 0 Å². The fourth-order valence-electron chi connectivity index (χ4n) is 2.90. The van der Waals surface area contributed by atoms with E-state index in [1.54, 1.807) is 0 Å². The molecule has 1 N–H and O–H groups in total. The zero-order chi connectivity index (χ0) is 15.2. The number of ether oxygens (including phenoxy) is 2. The fourth-order valence-corrected chi connectivity index (χ4v) is 2.90. The van der Waals surface area contributed by atoms with Crippen LogP contribution in [0.1, 0.15) is 51.7 Å². The summed E-state index contributed by atoms with van der Waals surface area (Å²) in [6.45, 7) is 11.3. The number of rotatable bonds is 8. The first-order chi connectivity index (χ1) is 10.2. The molecule has 1 aromatic rings. The topological polar surface area (TPSA) is 30.5 Å². The predicted molar refractivity (Wildman–Crippen MR) is 87.2 cm³/mol.